The van der Waals surface area contributed by atoms with Gasteiger partial charge in [-0.05, 0) is 27.0 Å². The van der Waals surface area contributed by atoms with E-state index in [1.807, 2.05) is 4.90 Å². The number of carboxylic acid groups (broad SMARTS) is 1. The summed E-state index contributed by atoms with van der Waals surface area (Å²) >= 11 is 0. The largest absolute Gasteiger partial charge is 0.477 e. The third-order valence-electron chi connectivity index (χ3n) is 3.50. The normalized spacial score (nSPS) is 25.2. The van der Waals surface area contributed by atoms with Gasteiger partial charge < -0.3 is 10.0 Å². The number of nitrogens with zero attached hydrogens (tertiary/aromatic N) is 4. The van der Waals surface area contributed by atoms with Gasteiger partial charge in [0, 0.05) is 31.4 Å². The van der Waals surface area contributed by atoms with Gasteiger partial charge in [0.15, 0.2) is 5.69 Å². The van der Waals surface area contributed by atoms with Crippen LogP contribution in [-0.2, 0) is 0 Å². The Labute approximate surface area is 106 Å². The smallest absolute Gasteiger partial charge is 0.354 e. The van der Waals surface area contributed by atoms with Crippen LogP contribution in [0.3, 0.4) is 0 Å². The van der Waals surface area contributed by atoms with Crippen LogP contribution in [0.25, 0.3) is 0 Å². The van der Waals surface area contributed by atoms with E-state index in [1.165, 1.54) is 12.3 Å². The predicted molar refractivity (Wildman–Crippen MR) is 67.9 cm³/mol. The summed E-state index contributed by atoms with van der Waals surface area (Å²) in [4.78, 5) is 23.5. The highest BCUT2D eigenvalue weighted by Crippen LogP contribution is 2.17. The minimum Gasteiger partial charge on any atom is -0.477 e. The fraction of sp³-hybridized carbons (Fsp3) is 0.583. The molecule has 1 aromatic rings. The third-order valence-corrected chi connectivity index (χ3v) is 3.50. The molecular formula is C12H18N4O2. The molecule has 0 aromatic carbocycles. The van der Waals surface area contributed by atoms with Crippen LogP contribution in [0.15, 0.2) is 12.3 Å². The molecule has 2 atom stereocenters. The molecule has 1 aromatic heterocycles. The zero-order valence-corrected chi connectivity index (χ0v) is 10.9. The topological polar surface area (TPSA) is 69.6 Å². The second kappa shape index (κ2) is 4.89. The second-order valence-electron chi connectivity index (χ2n) is 4.82. The van der Waals surface area contributed by atoms with Crippen LogP contribution in [-0.4, -0.2) is 58.2 Å². The van der Waals surface area contributed by atoms with E-state index in [-0.39, 0.29) is 5.69 Å². The molecular weight excluding hydrogens is 232 g/mol. The number of carbonyl (C=O) groups is 1. The van der Waals surface area contributed by atoms with Crippen molar-refractivity contribution in [3.05, 3.63) is 18.0 Å². The van der Waals surface area contributed by atoms with Crippen LogP contribution in [0.5, 0.6) is 0 Å². The summed E-state index contributed by atoms with van der Waals surface area (Å²) in [6, 6.07) is 2.20. The van der Waals surface area contributed by atoms with E-state index in [4.69, 9.17) is 5.11 Å². The Morgan fingerprint density at radius 1 is 1.39 bits per heavy atom. The SMILES string of the molecule is CC1CN(c2nccc(C(=O)O)n2)CC(C)N1C. The molecule has 0 aliphatic carbocycles. The van der Waals surface area contributed by atoms with Crippen molar-refractivity contribution in [3.63, 3.8) is 0 Å². The molecule has 0 radical (unpaired) electrons. The molecule has 2 heterocycles. The molecule has 98 valence electrons. The first-order chi connectivity index (χ1) is 8.49. The number of anilines is 1. The Morgan fingerprint density at radius 3 is 2.56 bits per heavy atom. The highest BCUT2D eigenvalue weighted by Gasteiger charge is 2.28. The number of aromatic nitrogens is 2. The summed E-state index contributed by atoms with van der Waals surface area (Å²) in [5.41, 5.74) is 0.0410. The van der Waals surface area contributed by atoms with Crippen molar-refractivity contribution in [3.8, 4) is 0 Å². The number of likely N-dealkylation sites (N-methyl/N-ethyl adjacent to an activating group) is 1. The van der Waals surface area contributed by atoms with Gasteiger partial charge in [0.25, 0.3) is 0 Å². The van der Waals surface area contributed by atoms with Crippen molar-refractivity contribution in [1.82, 2.24) is 14.9 Å². The molecule has 1 fully saturated rings. The quantitative estimate of drug-likeness (QED) is 0.833. The molecule has 0 spiro atoms. The first-order valence-electron chi connectivity index (χ1n) is 6.02. The number of piperazine rings is 1. The van der Waals surface area contributed by atoms with Crippen LogP contribution in [0.1, 0.15) is 24.3 Å². The summed E-state index contributed by atoms with van der Waals surface area (Å²) in [6.45, 7) is 5.90. The lowest BCUT2D eigenvalue weighted by Crippen LogP contribution is -2.55. The zero-order chi connectivity index (χ0) is 13.3. The molecule has 1 N–H and O–H groups in total. The van der Waals surface area contributed by atoms with Crippen molar-refractivity contribution < 1.29 is 9.90 Å². The van der Waals surface area contributed by atoms with Crippen molar-refractivity contribution in [2.24, 2.45) is 0 Å². The molecule has 6 nitrogen and oxygen atoms in total. The third kappa shape index (κ3) is 2.43. The summed E-state index contributed by atoms with van der Waals surface area (Å²) in [5, 5.41) is 8.94. The van der Waals surface area contributed by atoms with Gasteiger partial charge in [-0.1, -0.05) is 0 Å². The Balaban J connectivity index is 2.21. The van der Waals surface area contributed by atoms with Crippen LogP contribution in [0.4, 0.5) is 5.95 Å². The average Bonchev–Trinajstić information content (AvgIpc) is 2.35. The average molecular weight is 250 g/mol. The van der Waals surface area contributed by atoms with Gasteiger partial charge in [-0.15, -0.1) is 0 Å². The maximum atomic E-state index is 10.9. The molecule has 2 unspecified atom stereocenters. The minimum absolute atomic E-state index is 0.0410. The molecule has 0 bridgehead atoms. The van der Waals surface area contributed by atoms with Gasteiger partial charge >= 0.3 is 5.97 Å². The van der Waals surface area contributed by atoms with Gasteiger partial charge in [0.05, 0.1) is 0 Å². The molecule has 1 saturated heterocycles. The van der Waals surface area contributed by atoms with Gasteiger partial charge in [-0.3, -0.25) is 4.90 Å². The summed E-state index contributed by atoms with van der Waals surface area (Å²) < 4.78 is 0. The number of aromatic carboxylic acids is 1. The molecule has 2 rings (SSSR count). The van der Waals surface area contributed by atoms with Gasteiger partial charge in [0.1, 0.15) is 0 Å². The molecule has 18 heavy (non-hydrogen) atoms. The van der Waals surface area contributed by atoms with Gasteiger partial charge in [0.2, 0.25) is 5.95 Å². The van der Waals surface area contributed by atoms with Crippen LogP contribution in [0.2, 0.25) is 0 Å². The van der Waals surface area contributed by atoms with Crippen molar-refractivity contribution in [2.45, 2.75) is 25.9 Å². The lowest BCUT2D eigenvalue weighted by atomic mass is 10.1. The summed E-state index contributed by atoms with van der Waals surface area (Å²) in [7, 11) is 2.10. The Kier molecular flexibility index (Phi) is 3.47. The van der Waals surface area contributed by atoms with Crippen LogP contribution in [0, 0.1) is 0 Å². The minimum atomic E-state index is -1.02. The lowest BCUT2D eigenvalue weighted by Gasteiger charge is -2.42. The fourth-order valence-corrected chi connectivity index (χ4v) is 2.19. The van der Waals surface area contributed by atoms with E-state index in [0.717, 1.165) is 13.1 Å². The maximum Gasteiger partial charge on any atom is 0.354 e. The number of rotatable bonds is 2. The van der Waals surface area contributed by atoms with Crippen molar-refractivity contribution >= 4 is 11.9 Å². The van der Waals surface area contributed by atoms with E-state index in [9.17, 15) is 4.79 Å². The molecule has 6 heteroatoms. The second-order valence-corrected chi connectivity index (χ2v) is 4.82. The van der Waals surface area contributed by atoms with Crippen LogP contribution < -0.4 is 4.90 Å². The maximum absolute atomic E-state index is 10.9. The van der Waals surface area contributed by atoms with Crippen molar-refractivity contribution in [1.29, 1.82) is 0 Å². The van der Waals surface area contributed by atoms with E-state index in [0.29, 0.717) is 18.0 Å². The number of hydrogen-bond donors (Lipinski definition) is 1. The Hall–Kier alpha value is -1.69. The van der Waals surface area contributed by atoms with Crippen molar-refractivity contribution in [2.75, 3.05) is 25.0 Å². The van der Waals surface area contributed by atoms with Gasteiger partial charge in [-0.2, -0.15) is 0 Å². The molecule has 0 saturated carbocycles. The number of hydrogen-bond acceptors (Lipinski definition) is 5. The first-order valence-corrected chi connectivity index (χ1v) is 6.02. The first kappa shape index (κ1) is 12.8. The highest BCUT2D eigenvalue weighted by atomic mass is 16.4. The summed E-state index contributed by atoms with van der Waals surface area (Å²) in [5.74, 6) is -0.518. The van der Waals surface area contributed by atoms with E-state index < -0.39 is 5.97 Å². The molecule has 1 aliphatic rings. The Morgan fingerprint density at radius 2 is 2.00 bits per heavy atom. The molecule has 0 amide bonds. The lowest BCUT2D eigenvalue weighted by molar-refractivity contribution is 0.0690. The highest BCUT2D eigenvalue weighted by molar-refractivity contribution is 5.85. The summed E-state index contributed by atoms with van der Waals surface area (Å²) in [6.07, 6.45) is 1.50. The van der Waals surface area contributed by atoms with Crippen LogP contribution >= 0.6 is 0 Å². The number of carboxylic acids is 1. The zero-order valence-electron chi connectivity index (χ0n) is 10.9. The standard InChI is InChI=1S/C12H18N4O2/c1-8-6-16(7-9(2)15(8)3)12-13-5-4-10(14-12)11(17)18/h4-5,8-9H,6-7H2,1-3H3,(H,17,18). The van der Waals surface area contributed by atoms with E-state index >= 15 is 0 Å². The Bertz CT molecular complexity index is 439. The monoisotopic (exact) mass is 250 g/mol. The van der Waals surface area contributed by atoms with Gasteiger partial charge in [-0.25, -0.2) is 14.8 Å². The van der Waals surface area contributed by atoms with E-state index in [2.05, 4.69) is 35.8 Å². The molecule has 1 aliphatic heterocycles. The van der Waals surface area contributed by atoms with E-state index in [1.54, 1.807) is 0 Å². The fourth-order valence-electron chi connectivity index (χ4n) is 2.19. The predicted octanol–water partition coefficient (Wildman–Crippen LogP) is 0.704.